The average molecular weight is 367 g/mol. The molecule has 2 unspecified atom stereocenters. The summed E-state index contributed by atoms with van der Waals surface area (Å²) >= 11 is 0. The molecular formula is C21H38N2O3. The van der Waals surface area contributed by atoms with Crippen LogP contribution in [-0.2, 0) is 9.47 Å². The number of nitrogens with zero attached hydrogens (tertiary/aromatic N) is 2. The predicted octanol–water partition coefficient (Wildman–Crippen LogP) is 4.08. The Bertz CT molecular complexity index is 492. The second-order valence-corrected chi connectivity index (χ2v) is 8.91. The van der Waals surface area contributed by atoms with Crippen LogP contribution in [0.25, 0.3) is 0 Å². The molecule has 0 aromatic heterocycles. The highest BCUT2D eigenvalue weighted by atomic mass is 16.6. The quantitative estimate of drug-likeness (QED) is 0.664. The van der Waals surface area contributed by atoms with Crippen LogP contribution in [0.15, 0.2) is 12.2 Å². The van der Waals surface area contributed by atoms with Crippen LogP contribution < -0.4 is 0 Å². The molecule has 5 heteroatoms. The third-order valence-corrected chi connectivity index (χ3v) is 5.68. The van der Waals surface area contributed by atoms with Gasteiger partial charge in [0.05, 0.1) is 5.60 Å². The molecule has 0 saturated carbocycles. The zero-order chi connectivity index (χ0) is 19.4. The summed E-state index contributed by atoms with van der Waals surface area (Å²) in [4.78, 5) is 16.6. The van der Waals surface area contributed by atoms with Gasteiger partial charge in [-0.3, -0.25) is 4.90 Å². The van der Waals surface area contributed by atoms with Gasteiger partial charge in [-0.1, -0.05) is 19.1 Å². The van der Waals surface area contributed by atoms with E-state index in [1.807, 2.05) is 32.8 Å². The highest BCUT2D eigenvalue weighted by Crippen LogP contribution is 2.33. The normalized spacial score (nSPS) is 25.2. The van der Waals surface area contributed by atoms with Gasteiger partial charge in [-0.2, -0.15) is 0 Å². The van der Waals surface area contributed by atoms with E-state index < -0.39 is 5.60 Å². The van der Waals surface area contributed by atoms with E-state index in [0.717, 1.165) is 45.4 Å². The summed E-state index contributed by atoms with van der Waals surface area (Å²) in [6.45, 7) is 14.0. The minimum absolute atomic E-state index is 0.172. The first kappa shape index (κ1) is 21.2. The molecule has 1 amide bonds. The lowest BCUT2D eigenvalue weighted by molar-refractivity contribution is -0.0830. The maximum absolute atomic E-state index is 12.2. The van der Waals surface area contributed by atoms with Gasteiger partial charge < -0.3 is 14.4 Å². The molecule has 2 aliphatic rings. The second-order valence-electron chi connectivity index (χ2n) is 8.91. The van der Waals surface area contributed by atoms with E-state index in [2.05, 4.69) is 30.9 Å². The molecule has 0 N–H and O–H groups in total. The smallest absolute Gasteiger partial charge is 0.410 e. The molecule has 5 nitrogen and oxygen atoms in total. The van der Waals surface area contributed by atoms with Crippen molar-refractivity contribution in [3.8, 4) is 0 Å². The molecule has 0 aromatic carbocycles. The Morgan fingerprint density at radius 3 is 2.23 bits per heavy atom. The van der Waals surface area contributed by atoms with E-state index in [4.69, 9.17) is 9.47 Å². The molecule has 0 bridgehead atoms. The van der Waals surface area contributed by atoms with E-state index in [1.54, 1.807) is 0 Å². The van der Waals surface area contributed by atoms with Crippen LogP contribution in [-0.4, -0.2) is 66.4 Å². The van der Waals surface area contributed by atoms with Crippen molar-refractivity contribution >= 4 is 6.09 Å². The van der Waals surface area contributed by atoms with E-state index in [-0.39, 0.29) is 11.7 Å². The molecule has 0 aromatic rings. The van der Waals surface area contributed by atoms with Gasteiger partial charge in [-0.15, -0.1) is 0 Å². The molecule has 2 aliphatic heterocycles. The van der Waals surface area contributed by atoms with Crippen LogP contribution in [0.2, 0.25) is 0 Å². The number of hydrogen-bond acceptors (Lipinski definition) is 4. The Morgan fingerprint density at radius 2 is 1.77 bits per heavy atom. The van der Waals surface area contributed by atoms with Crippen molar-refractivity contribution in [2.45, 2.75) is 77.5 Å². The predicted molar refractivity (Wildman–Crippen MR) is 105 cm³/mol. The molecule has 0 spiro atoms. The van der Waals surface area contributed by atoms with Gasteiger partial charge in [-0.25, -0.2) is 4.79 Å². The lowest BCUT2D eigenvalue weighted by atomic mass is 9.83. The fourth-order valence-corrected chi connectivity index (χ4v) is 3.93. The summed E-state index contributed by atoms with van der Waals surface area (Å²) in [5.74, 6) is 0.646. The van der Waals surface area contributed by atoms with Gasteiger partial charge in [0.15, 0.2) is 0 Å². The van der Waals surface area contributed by atoms with Crippen molar-refractivity contribution in [1.29, 1.82) is 0 Å². The van der Waals surface area contributed by atoms with Gasteiger partial charge in [0.25, 0.3) is 0 Å². The van der Waals surface area contributed by atoms with Gasteiger partial charge in [0, 0.05) is 39.3 Å². The number of allylic oxidation sites excluding steroid dienone is 1. The lowest BCUT2D eigenvalue weighted by Gasteiger charge is -2.51. The molecule has 26 heavy (non-hydrogen) atoms. The fourth-order valence-electron chi connectivity index (χ4n) is 3.93. The molecule has 2 heterocycles. The van der Waals surface area contributed by atoms with E-state index in [1.165, 1.54) is 6.42 Å². The first-order valence-corrected chi connectivity index (χ1v) is 10.1. The molecule has 2 fully saturated rings. The molecule has 2 rings (SSSR count). The van der Waals surface area contributed by atoms with Crippen LogP contribution >= 0.6 is 0 Å². The Kier molecular flexibility index (Phi) is 7.14. The maximum atomic E-state index is 12.2. The number of carbonyl (C=O) groups is 1. The third kappa shape index (κ3) is 5.46. The van der Waals surface area contributed by atoms with Gasteiger partial charge >= 0.3 is 6.09 Å². The fraction of sp³-hybridized carbons (Fsp3) is 0.857. The number of piperidine rings is 1. The van der Waals surface area contributed by atoms with Crippen molar-refractivity contribution < 1.29 is 14.3 Å². The van der Waals surface area contributed by atoms with Crippen LogP contribution in [0.3, 0.4) is 0 Å². The van der Waals surface area contributed by atoms with Gasteiger partial charge in [0.2, 0.25) is 0 Å². The number of carbonyl (C=O) groups excluding carboxylic acids is 1. The summed E-state index contributed by atoms with van der Waals surface area (Å²) in [5, 5.41) is 0. The molecule has 0 aliphatic carbocycles. The van der Waals surface area contributed by atoms with Crippen molar-refractivity contribution in [1.82, 2.24) is 9.80 Å². The highest BCUT2D eigenvalue weighted by Gasteiger charge is 2.42. The van der Waals surface area contributed by atoms with E-state index >= 15 is 0 Å². The number of hydrogen-bond donors (Lipinski definition) is 0. The largest absolute Gasteiger partial charge is 0.444 e. The molecule has 2 saturated heterocycles. The number of ether oxygens (including phenoxy) is 2. The van der Waals surface area contributed by atoms with Crippen LogP contribution in [0.4, 0.5) is 4.79 Å². The molecule has 0 radical (unpaired) electrons. The van der Waals surface area contributed by atoms with Crippen molar-refractivity contribution in [3.05, 3.63) is 12.2 Å². The highest BCUT2D eigenvalue weighted by molar-refractivity contribution is 5.68. The number of rotatable bonds is 6. The average Bonchev–Trinajstić information content (AvgIpc) is 2.56. The molecule has 150 valence electrons. The van der Waals surface area contributed by atoms with Gasteiger partial charge in [-0.05, 0) is 59.3 Å². The van der Waals surface area contributed by atoms with Crippen LogP contribution in [0, 0.1) is 5.92 Å². The maximum Gasteiger partial charge on any atom is 0.410 e. The summed E-state index contributed by atoms with van der Waals surface area (Å²) < 4.78 is 11.4. The summed E-state index contributed by atoms with van der Waals surface area (Å²) in [5.41, 5.74) is -0.624. The summed E-state index contributed by atoms with van der Waals surface area (Å²) in [7, 11) is 1.82. The van der Waals surface area contributed by atoms with Crippen molar-refractivity contribution in [2.24, 2.45) is 5.92 Å². The second kappa shape index (κ2) is 8.75. The van der Waals surface area contributed by atoms with Crippen molar-refractivity contribution in [2.75, 3.05) is 33.3 Å². The SMILES string of the molecule is CC/C=C\C(C)(OC)C1CCN1CC1CCN(C(=O)OC(C)(C)C)CC1. The molecular weight excluding hydrogens is 328 g/mol. The topological polar surface area (TPSA) is 42.0 Å². The zero-order valence-corrected chi connectivity index (χ0v) is 17.6. The Morgan fingerprint density at radius 1 is 1.12 bits per heavy atom. The minimum atomic E-state index is -0.421. The lowest BCUT2D eigenvalue weighted by Crippen LogP contribution is -2.61. The minimum Gasteiger partial charge on any atom is -0.444 e. The Balaban J connectivity index is 1.82. The zero-order valence-electron chi connectivity index (χ0n) is 17.6. The first-order valence-electron chi connectivity index (χ1n) is 10.1. The monoisotopic (exact) mass is 366 g/mol. The van der Waals surface area contributed by atoms with E-state index in [9.17, 15) is 4.79 Å². The van der Waals surface area contributed by atoms with Gasteiger partial charge in [0.1, 0.15) is 5.60 Å². The third-order valence-electron chi connectivity index (χ3n) is 5.68. The first-order chi connectivity index (χ1) is 12.2. The van der Waals surface area contributed by atoms with Crippen molar-refractivity contribution in [3.63, 3.8) is 0 Å². The van der Waals surface area contributed by atoms with E-state index in [0.29, 0.717) is 12.0 Å². The Labute approximate surface area is 159 Å². The summed E-state index contributed by atoms with van der Waals surface area (Å²) in [6, 6.07) is 0.458. The van der Waals surface area contributed by atoms with Crippen LogP contribution in [0.1, 0.15) is 60.3 Å². The summed E-state index contributed by atoms with van der Waals surface area (Å²) in [6.07, 6.45) is 8.60. The van der Waals surface area contributed by atoms with Crippen LogP contribution in [0.5, 0.6) is 0 Å². The number of likely N-dealkylation sites (tertiary alicyclic amines) is 2. The number of methoxy groups -OCH3 is 1. The number of amides is 1. The Hall–Kier alpha value is -1.07. The standard InChI is InChI=1S/C21H38N2O3/c1-7-8-12-21(5,25-6)18-11-15-23(18)16-17-9-13-22(14-10-17)19(24)26-20(2,3)4/h8,12,17-18H,7,9-11,13-16H2,1-6H3/b12-8-. The molecule has 2 atom stereocenters.